The van der Waals surface area contributed by atoms with Crippen LogP contribution < -0.4 is 10.1 Å². The third-order valence-electron chi connectivity index (χ3n) is 3.71. The lowest BCUT2D eigenvalue weighted by Gasteiger charge is -2.21. The minimum Gasteiger partial charge on any atom is -0.495 e. The standard InChI is InChI=1S/C19H24ClN3O2/c1-4-10-23(11-5-2)19(24)14-6-9-18(21-13-14)22-16-12-15(20)7-8-17(16)25-3/h6-9,12-13H,4-5,10-11H2,1-3H3,(H,21,22). The van der Waals surface area contributed by atoms with Gasteiger partial charge in [-0.25, -0.2) is 4.98 Å². The number of carbonyl (C=O) groups excluding carboxylic acids is 1. The highest BCUT2D eigenvalue weighted by Gasteiger charge is 2.14. The summed E-state index contributed by atoms with van der Waals surface area (Å²) in [6.07, 6.45) is 3.47. The molecular formula is C19H24ClN3O2. The van der Waals surface area contributed by atoms with E-state index in [2.05, 4.69) is 24.1 Å². The van der Waals surface area contributed by atoms with Crippen molar-refractivity contribution in [3.63, 3.8) is 0 Å². The topological polar surface area (TPSA) is 54.5 Å². The average molecular weight is 362 g/mol. The fourth-order valence-electron chi connectivity index (χ4n) is 2.55. The van der Waals surface area contributed by atoms with E-state index in [4.69, 9.17) is 16.3 Å². The van der Waals surface area contributed by atoms with Crippen molar-refractivity contribution in [3.05, 3.63) is 47.1 Å². The van der Waals surface area contributed by atoms with Gasteiger partial charge in [0.1, 0.15) is 11.6 Å². The summed E-state index contributed by atoms with van der Waals surface area (Å²) in [5, 5.41) is 3.77. The van der Waals surface area contributed by atoms with Crippen molar-refractivity contribution in [1.82, 2.24) is 9.88 Å². The molecule has 1 amide bonds. The Morgan fingerprint density at radius 1 is 1.20 bits per heavy atom. The van der Waals surface area contributed by atoms with Crippen LogP contribution in [0.1, 0.15) is 37.0 Å². The maximum Gasteiger partial charge on any atom is 0.255 e. The molecule has 0 saturated carbocycles. The first-order valence-electron chi connectivity index (χ1n) is 8.44. The lowest BCUT2D eigenvalue weighted by Crippen LogP contribution is -2.32. The largest absolute Gasteiger partial charge is 0.495 e. The molecule has 6 heteroatoms. The number of nitrogens with zero attached hydrogens (tertiary/aromatic N) is 2. The Balaban J connectivity index is 2.14. The number of aromatic nitrogens is 1. The fraction of sp³-hybridized carbons (Fsp3) is 0.368. The molecule has 0 aliphatic heterocycles. The van der Waals surface area contributed by atoms with Crippen molar-refractivity contribution in [3.8, 4) is 5.75 Å². The Kier molecular flexibility index (Phi) is 7.07. The number of hydrogen-bond donors (Lipinski definition) is 1. The molecule has 2 rings (SSSR count). The maximum absolute atomic E-state index is 12.6. The Morgan fingerprint density at radius 2 is 1.92 bits per heavy atom. The van der Waals surface area contributed by atoms with Gasteiger partial charge in [0.15, 0.2) is 0 Å². The normalized spacial score (nSPS) is 10.4. The van der Waals surface area contributed by atoms with Crippen LogP contribution in [-0.4, -0.2) is 36.0 Å². The number of benzene rings is 1. The smallest absolute Gasteiger partial charge is 0.255 e. The quantitative estimate of drug-likeness (QED) is 0.737. The van der Waals surface area contributed by atoms with Gasteiger partial charge in [-0.3, -0.25) is 4.79 Å². The van der Waals surface area contributed by atoms with Crippen molar-refractivity contribution >= 4 is 29.0 Å². The van der Waals surface area contributed by atoms with Crippen LogP contribution in [0.25, 0.3) is 0 Å². The van der Waals surface area contributed by atoms with Crippen LogP contribution in [0.3, 0.4) is 0 Å². The molecule has 1 aromatic carbocycles. The number of halogens is 1. The van der Waals surface area contributed by atoms with Gasteiger partial charge in [0, 0.05) is 24.3 Å². The van der Waals surface area contributed by atoms with E-state index in [1.807, 2.05) is 4.90 Å². The van der Waals surface area contributed by atoms with Gasteiger partial charge < -0.3 is 15.0 Å². The summed E-state index contributed by atoms with van der Waals surface area (Å²) < 4.78 is 5.31. The summed E-state index contributed by atoms with van der Waals surface area (Å²) in [5.74, 6) is 1.31. The van der Waals surface area contributed by atoms with Gasteiger partial charge in [0.25, 0.3) is 5.91 Å². The number of hydrogen-bond acceptors (Lipinski definition) is 4. The molecule has 1 aromatic heterocycles. The van der Waals surface area contributed by atoms with Crippen LogP contribution in [0.2, 0.25) is 5.02 Å². The molecule has 0 atom stereocenters. The van der Waals surface area contributed by atoms with Crippen molar-refractivity contribution in [2.45, 2.75) is 26.7 Å². The zero-order valence-corrected chi connectivity index (χ0v) is 15.6. The van der Waals surface area contributed by atoms with E-state index in [0.29, 0.717) is 22.2 Å². The molecule has 0 bridgehead atoms. The van der Waals surface area contributed by atoms with E-state index in [9.17, 15) is 4.79 Å². The van der Waals surface area contributed by atoms with E-state index in [1.54, 1.807) is 43.6 Å². The van der Waals surface area contributed by atoms with Crippen molar-refractivity contribution in [2.24, 2.45) is 0 Å². The van der Waals surface area contributed by atoms with Crippen LogP contribution in [-0.2, 0) is 0 Å². The minimum absolute atomic E-state index is 0.0167. The molecule has 0 saturated heterocycles. The van der Waals surface area contributed by atoms with E-state index in [-0.39, 0.29) is 5.91 Å². The molecule has 0 unspecified atom stereocenters. The summed E-state index contributed by atoms with van der Waals surface area (Å²) in [6.45, 7) is 5.65. The molecule has 5 nitrogen and oxygen atoms in total. The second-order valence-electron chi connectivity index (χ2n) is 5.69. The third-order valence-corrected chi connectivity index (χ3v) is 3.94. The molecule has 1 N–H and O–H groups in total. The summed E-state index contributed by atoms with van der Waals surface area (Å²) in [7, 11) is 1.60. The first-order valence-corrected chi connectivity index (χ1v) is 8.82. The molecule has 0 fully saturated rings. The fourth-order valence-corrected chi connectivity index (χ4v) is 2.72. The first-order chi connectivity index (χ1) is 12.1. The Morgan fingerprint density at radius 3 is 2.48 bits per heavy atom. The van der Waals surface area contributed by atoms with Crippen molar-refractivity contribution < 1.29 is 9.53 Å². The number of ether oxygens (including phenoxy) is 1. The third kappa shape index (κ3) is 5.10. The van der Waals surface area contributed by atoms with Crippen molar-refractivity contribution in [1.29, 1.82) is 0 Å². The molecule has 1 heterocycles. The highest BCUT2D eigenvalue weighted by atomic mass is 35.5. The average Bonchev–Trinajstić information content (AvgIpc) is 2.62. The number of amides is 1. The van der Waals surface area contributed by atoms with Crippen LogP contribution in [0, 0.1) is 0 Å². The number of nitrogens with one attached hydrogen (secondary N) is 1. The molecule has 25 heavy (non-hydrogen) atoms. The molecule has 134 valence electrons. The molecule has 0 aliphatic rings. The minimum atomic E-state index is 0.0167. The van der Waals surface area contributed by atoms with Gasteiger partial charge in [0.05, 0.1) is 18.4 Å². The number of rotatable bonds is 8. The zero-order chi connectivity index (χ0) is 18.2. The number of methoxy groups -OCH3 is 1. The predicted molar refractivity (Wildman–Crippen MR) is 102 cm³/mol. The summed E-state index contributed by atoms with van der Waals surface area (Å²) in [6, 6.07) is 8.88. The van der Waals surface area contributed by atoms with Crippen LogP contribution in [0.15, 0.2) is 36.5 Å². The van der Waals surface area contributed by atoms with Crippen LogP contribution >= 0.6 is 11.6 Å². The van der Waals surface area contributed by atoms with Gasteiger partial charge >= 0.3 is 0 Å². The Hall–Kier alpha value is -2.27. The molecule has 0 aliphatic carbocycles. The van der Waals surface area contributed by atoms with Gasteiger partial charge in [0.2, 0.25) is 0 Å². The molecule has 0 spiro atoms. The van der Waals surface area contributed by atoms with Gasteiger partial charge in [-0.1, -0.05) is 25.4 Å². The van der Waals surface area contributed by atoms with E-state index in [0.717, 1.165) is 31.6 Å². The number of anilines is 2. The highest BCUT2D eigenvalue weighted by molar-refractivity contribution is 6.31. The summed E-state index contributed by atoms with van der Waals surface area (Å²) >= 11 is 6.03. The zero-order valence-electron chi connectivity index (χ0n) is 14.9. The van der Waals surface area contributed by atoms with E-state index in [1.165, 1.54) is 0 Å². The van der Waals surface area contributed by atoms with Gasteiger partial charge in [-0.15, -0.1) is 0 Å². The molecule has 2 aromatic rings. The lowest BCUT2D eigenvalue weighted by molar-refractivity contribution is 0.0755. The Bertz CT molecular complexity index is 698. The number of pyridine rings is 1. The van der Waals surface area contributed by atoms with E-state index >= 15 is 0 Å². The highest BCUT2D eigenvalue weighted by Crippen LogP contribution is 2.29. The summed E-state index contributed by atoms with van der Waals surface area (Å²) in [4.78, 5) is 18.8. The van der Waals surface area contributed by atoms with Gasteiger partial charge in [-0.05, 0) is 43.2 Å². The van der Waals surface area contributed by atoms with Crippen LogP contribution in [0.4, 0.5) is 11.5 Å². The number of carbonyl (C=O) groups is 1. The molecule has 0 radical (unpaired) electrons. The second-order valence-corrected chi connectivity index (χ2v) is 6.13. The maximum atomic E-state index is 12.6. The molecular weight excluding hydrogens is 338 g/mol. The lowest BCUT2D eigenvalue weighted by atomic mass is 10.2. The Labute approximate surface area is 154 Å². The van der Waals surface area contributed by atoms with Crippen LogP contribution in [0.5, 0.6) is 5.75 Å². The summed E-state index contributed by atoms with van der Waals surface area (Å²) in [5.41, 5.74) is 1.31. The predicted octanol–water partition coefficient (Wildman–Crippen LogP) is 4.75. The van der Waals surface area contributed by atoms with Gasteiger partial charge in [-0.2, -0.15) is 0 Å². The monoisotopic (exact) mass is 361 g/mol. The second kappa shape index (κ2) is 9.28. The van der Waals surface area contributed by atoms with Crippen molar-refractivity contribution in [2.75, 3.05) is 25.5 Å². The first kappa shape index (κ1) is 19.1. The SMILES string of the molecule is CCCN(CCC)C(=O)c1ccc(Nc2cc(Cl)ccc2OC)nc1. The van der Waals surface area contributed by atoms with E-state index < -0.39 is 0 Å².